The Hall–Kier alpha value is -2.63. The number of aromatic nitrogens is 1. The maximum absolute atomic E-state index is 12.3. The molecule has 6 heteroatoms. The molecule has 3 aromatic carbocycles. The predicted molar refractivity (Wildman–Crippen MR) is 107 cm³/mol. The van der Waals surface area contributed by atoms with Crippen LogP contribution in [0.1, 0.15) is 21.6 Å². The van der Waals surface area contributed by atoms with Crippen LogP contribution >= 0.6 is 27.5 Å². The first-order valence-corrected chi connectivity index (χ1v) is 9.37. The van der Waals surface area contributed by atoms with E-state index in [0.717, 1.165) is 16.6 Å². The van der Waals surface area contributed by atoms with Crippen LogP contribution in [0.25, 0.3) is 11.0 Å². The number of fused-ring (bicyclic) bond motifs is 1. The third kappa shape index (κ3) is 3.89. The van der Waals surface area contributed by atoms with Crippen molar-refractivity contribution in [3.63, 3.8) is 0 Å². The SMILES string of the molecule is O=C(Oc1ccc2c(Cc3ccc(Cl)cc3)noc2c1)c1ccccc1Br. The number of hydrogen-bond acceptors (Lipinski definition) is 4. The highest BCUT2D eigenvalue weighted by Gasteiger charge is 2.14. The molecule has 0 saturated heterocycles. The number of carbonyl (C=O) groups is 1. The number of carbonyl (C=O) groups excluding carboxylic acids is 1. The van der Waals surface area contributed by atoms with Gasteiger partial charge in [0.05, 0.1) is 11.3 Å². The van der Waals surface area contributed by atoms with Crippen LogP contribution < -0.4 is 4.74 Å². The highest BCUT2D eigenvalue weighted by molar-refractivity contribution is 9.10. The predicted octanol–water partition coefficient (Wildman–Crippen LogP) is 6.05. The molecule has 0 amide bonds. The van der Waals surface area contributed by atoms with Crippen molar-refractivity contribution in [2.45, 2.75) is 6.42 Å². The summed E-state index contributed by atoms with van der Waals surface area (Å²) >= 11 is 9.27. The number of halogens is 2. The lowest BCUT2D eigenvalue weighted by atomic mass is 10.1. The van der Waals surface area contributed by atoms with E-state index in [-0.39, 0.29) is 0 Å². The van der Waals surface area contributed by atoms with Crippen LogP contribution in [0.2, 0.25) is 5.02 Å². The van der Waals surface area contributed by atoms with E-state index in [9.17, 15) is 4.79 Å². The molecule has 0 saturated carbocycles. The molecule has 1 heterocycles. The van der Waals surface area contributed by atoms with Crippen molar-refractivity contribution < 1.29 is 14.1 Å². The van der Waals surface area contributed by atoms with Gasteiger partial charge in [0.2, 0.25) is 0 Å². The van der Waals surface area contributed by atoms with Gasteiger partial charge < -0.3 is 9.26 Å². The molecule has 1 aromatic heterocycles. The van der Waals surface area contributed by atoms with Gasteiger partial charge in [-0.05, 0) is 57.9 Å². The van der Waals surface area contributed by atoms with Crippen molar-refractivity contribution in [1.82, 2.24) is 5.16 Å². The Bertz CT molecular complexity index is 1120. The Morgan fingerprint density at radius 1 is 1.07 bits per heavy atom. The summed E-state index contributed by atoms with van der Waals surface area (Å²) < 4.78 is 11.6. The number of benzene rings is 3. The summed E-state index contributed by atoms with van der Waals surface area (Å²) in [4.78, 5) is 12.3. The van der Waals surface area contributed by atoms with E-state index in [1.54, 1.807) is 30.3 Å². The minimum absolute atomic E-state index is 0.400. The van der Waals surface area contributed by atoms with Crippen molar-refractivity contribution >= 4 is 44.5 Å². The molecule has 0 spiro atoms. The number of nitrogens with zero attached hydrogens (tertiary/aromatic N) is 1. The Kier molecular flexibility index (Phi) is 4.97. The smallest absolute Gasteiger partial charge is 0.344 e. The maximum atomic E-state index is 12.3. The standard InChI is InChI=1S/C21H13BrClNO3/c22-18-4-2-1-3-16(18)21(25)26-15-9-10-17-19(24-27-20(17)12-15)11-13-5-7-14(23)8-6-13/h1-10,12H,11H2. The topological polar surface area (TPSA) is 52.3 Å². The summed E-state index contributed by atoms with van der Waals surface area (Å²) in [6.45, 7) is 0. The van der Waals surface area contributed by atoms with Crippen LogP contribution in [0.15, 0.2) is 75.7 Å². The van der Waals surface area contributed by atoms with Crippen LogP contribution in [-0.2, 0) is 6.42 Å². The second-order valence-corrected chi connectivity index (χ2v) is 7.25. The molecule has 0 aliphatic carbocycles. The van der Waals surface area contributed by atoms with Crippen molar-refractivity contribution in [2.24, 2.45) is 0 Å². The van der Waals surface area contributed by atoms with E-state index in [1.165, 1.54) is 0 Å². The average Bonchev–Trinajstić information content (AvgIpc) is 3.06. The van der Waals surface area contributed by atoms with Gasteiger partial charge in [0.1, 0.15) is 5.75 Å². The van der Waals surface area contributed by atoms with E-state index >= 15 is 0 Å². The van der Waals surface area contributed by atoms with E-state index in [0.29, 0.717) is 32.8 Å². The minimum Gasteiger partial charge on any atom is -0.423 e. The maximum Gasteiger partial charge on any atom is 0.344 e. The van der Waals surface area contributed by atoms with Gasteiger partial charge in [0.15, 0.2) is 5.58 Å². The van der Waals surface area contributed by atoms with Crippen LogP contribution in [0.4, 0.5) is 0 Å². The van der Waals surface area contributed by atoms with Gasteiger partial charge in [-0.2, -0.15) is 0 Å². The fourth-order valence-corrected chi connectivity index (χ4v) is 3.32. The van der Waals surface area contributed by atoms with Crippen molar-refractivity contribution in [3.05, 3.63) is 93.0 Å². The molecule has 0 fully saturated rings. The van der Waals surface area contributed by atoms with Crippen molar-refractivity contribution in [3.8, 4) is 5.75 Å². The zero-order valence-corrected chi connectivity index (χ0v) is 16.3. The molecule has 27 heavy (non-hydrogen) atoms. The number of rotatable bonds is 4. The Morgan fingerprint density at radius 2 is 1.85 bits per heavy atom. The second kappa shape index (κ2) is 7.55. The van der Waals surface area contributed by atoms with Crippen LogP contribution in [0.5, 0.6) is 5.75 Å². The normalized spacial score (nSPS) is 10.9. The summed E-state index contributed by atoms with van der Waals surface area (Å²) in [5.74, 6) is -0.0415. The van der Waals surface area contributed by atoms with E-state index in [2.05, 4.69) is 21.1 Å². The fourth-order valence-electron chi connectivity index (χ4n) is 2.75. The van der Waals surface area contributed by atoms with Crippen LogP contribution in [-0.4, -0.2) is 11.1 Å². The van der Waals surface area contributed by atoms with Crippen LogP contribution in [0.3, 0.4) is 0 Å². The molecule has 134 valence electrons. The molecule has 0 aliphatic rings. The Balaban J connectivity index is 1.56. The molecular formula is C21H13BrClNO3. The first-order chi connectivity index (χ1) is 13.1. The second-order valence-electron chi connectivity index (χ2n) is 5.96. The lowest BCUT2D eigenvalue weighted by Crippen LogP contribution is -2.09. The molecule has 0 aliphatic heterocycles. The molecule has 0 radical (unpaired) electrons. The van der Waals surface area contributed by atoms with Gasteiger partial charge in [0, 0.05) is 27.4 Å². The highest BCUT2D eigenvalue weighted by atomic mass is 79.9. The molecular weight excluding hydrogens is 430 g/mol. The van der Waals surface area contributed by atoms with Gasteiger partial charge in [-0.1, -0.05) is 41.0 Å². The number of hydrogen-bond donors (Lipinski definition) is 0. The summed E-state index contributed by atoms with van der Waals surface area (Å²) in [7, 11) is 0. The molecule has 0 bridgehead atoms. The van der Waals surface area contributed by atoms with Gasteiger partial charge in [-0.25, -0.2) is 4.79 Å². The first kappa shape index (κ1) is 17.8. The summed E-state index contributed by atoms with van der Waals surface area (Å²) in [5.41, 5.74) is 2.92. The summed E-state index contributed by atoms with van der Waals surface area (Å²) in [6.07, 6.45) is 0.625. The summed E-state index contributed by atoms with van der Waals surface area (Å²) in [6, 6.07) is 20.0. The third-order valence-corrected chi connectivity index (χ3v) is 5.05. The Labute approximate surface area is 168 Å². The zero-order valence-electron chi connectivity index (χ0n) is 14.0. The molecule has 4 rings (SSSR count). The van der Waals surface area contributed by atoms with Gasteiger partial charge >= 0.3 is 5.97 Å². The zero-order chi connectivity index (χ0) is 18.8. The lowest BCUT2D eigenvalue weighted by Gasteiger charge is -2.05. The first-order valence-electron chi connectivity index (χ1n) is 8.19. The van der Waals surface area contributed by atoms with Gasteiger partial charge in [-0.3, -0.25) is 0 Å². The molecule has 0 N–H and O–H groups in total. The van der Waals surface area contributed by atoms with Crippen molar-refractivity contribution in [2.75, 3.05) is 0 Å². The van der Waals surface area contributed by atoms with Crippen molar-refractivity contribution in [1.29, 1.82) is 0 Å². The number of esters is 1. The van der Waals surface area contributed by atoms with E-state index in [4.69, 9.17) is 20.9 Å². The molecule has 0 atom stereocenters. The molecule has 4 nitrogen and oxygen atoms in total. The minimum atomic E-state index is -0.442. The van der Waals surface area contributed by atoms with Crippen LogP contribution in [0, 0.1) is 0 Å². The fraction of sp³-hybridized carbons (Fsp3) is 0.0476. The molecule has 0 unspecified atom stereocenters. The third-order valence-electron chi connectivity index (χ3n) is 4.11. The lowest BCUT2D eigenvalue weighted by molar-refractivity contribution is 0.0734. The highest BCUT2D eigenvalue weighted by Crippen LogP contribution is 2.27. The largest absolute Gasteiger partial charge is 0.423 e. The average molecular weight is 443 g/mol. The van der Waals surface area contributed by atoms with Gasteiger partial charge in [-0.15, -0.1) is 0 Å². The van der Waals surface area contributed by atoms with E-state index in [1.807, 2.05) is 36.4 Å². The van der Waals surface area contributed by atoms with E-state index < -0.39 is 5.97 Å². The Morgan fingerprint density at radius 3 is 2.63 bits per heavy atom. The van der Waals surface area contributed by atoms with Gasteiger partial charge in [0.25, 0.3) is 0 Å². The summed E-state index contributed by atoms with van der Waals surface area (Å²) in [5, 5.41) is 5.72. The monoisotopic (exact) mass is 441 g/mol. The number of ether oxygens (including phenoxy) is 1. The quantitative estimate of drug-likeness (QED) is 0.285. The molecule has 4 aromatic rings.